The van der Waals surface area contributed by atoms with Crippen LogP contribution in [0.5, 0.6) is 0 Å². The summed E-state index contributed by atoms with van der Waals surface area (Å²) < 4.78 is 0. The summed E-state index contributed by atoms with van der Waals surface area (Å²) in [7, 11) is 0. The lowest BCUT2D eigenvalue weighted by Gasteiger charge is -2.16. The van der Waals surface area contributed by atoms with Gasteiger partial charge < -0.3 is 0 Å². The Balaban J connectivity index is 1.40. The maximum Gasteiger partial charge on any atom is 0.193 e. The lowest BCUT2D eigenvalue weighted by Crippen LogP contribution is -2.01. The van der Waals surface area contributed by atoms with Gasteiger partial charge in [-0.05, 0) is 28.3 Å². The minimum Gasteiger partial charge on any atom is -0.289 e. The van der Waals surface area contributed by atoms with E-state index in [1.807, 2.05) is 121 Å². The zero-order chi connectivity index (χ0) is 27.3. The van der Waals surface area contributed by atoms with Crippen LogP contribution in [0.15, 0.2) is 146 Å². The first-order valence-electron chi connectivity index (χ1n) is 13.0. The van der Waals surface area contributed by atoms with E-state index in [1.165, 1.54) is 0 Å². The number of hydrogen-bond acceptors (Lipinski definition) is 4. The van der Waals surface area contributed by atoms with Crippen LogP contribution in [0, 0.1) is 0 Å². The summed E-state index contributed by atoms with van der Waals surface area (Å²) in [6.07, 6.45) is 3.27. The van der Waals surface area contributed by atoms with E-state index < -0.39 is 0 Å². The van der Waals surface area contributed by atoms with E-state index in [4.69, 9.17) is 0 Å². The molecule has 40 heavy (non-hydrogen) atoms. The SMILES string of the molecule is O=C(c1ccccc1)c1ccc(-c2cccc(-c3ccc(C(=O)c4ccccc4)cc3)c2-c2ccncn2)cc1. The molecule has 6 rings (SSSR count). The summed E-state index contributed by atoms with van der Waals surface area (Å²) in [4.78, 5) is 34.6. The molecule has 1 heterocycles. The molecule has 5 aromatic carbocycles. The Bertz CT molecular complexity index is 1670. The number of carbonyl (C=O) groups is 2. The predicted octanol–water partition coefficient (Wildman–Crippen LogP) is 7.94. The van der Waals surface area contributed by atoms with E-state index >= 15 is 0 Å². The maximum atomic E-state index is 12.9. The van der Waals surface area contributed by atoms with Gasteiger partial charge in [0.15, 0.2) is 11.6 Å². The number of benzene rings is 5. The van der Waals surface area contributed by atoms with Gasteiger partial charge in [0, 0.05) is 34.0 Å². The molecule has 1 aromatic heterocycles. The van der Waals surface area contributed by atoms with Crippen LogP contribution in [-0.2, 0) is 0 Å². The third-order valence-electron chi connectivity index (χ3n) is 6.89. The van der Waals surface area contributed by atoms with Crippen LogP contribution in [0.25, 0.3) is 33.5 Å². The molecular formula is C36H24N2O2. The number of hydrogen-bond donors (Lipinski definition) is 0. The van der Waals surface area contributed by atoms with Crippen LogP contribution in [0.3, 0.4) is 0 Å². The summed E-state index contributed by atoms with van der Waals surface area (Å²) in [6.45, 7) is 0. The molecule has 0 radical (unpaired) electrons. The van der Waals surface area contributed by atoms with Crippen molar-refractivity contribution in [1.29, 1.82) is 0 Å². The Morgan fingerprint density at radius 3 is 1.32 bits per heavy atom. The van der Waals surface area contributed by atoms with E-state index in [-0.39, 0.29) is 11.6 Å². The monoisotopic (exact) mass is 516 g/mol. The molecule has 0 fully saturated rings. The quantitative estimate of drug-likeness (QED) is 0.202. The lowest BCUT2D eigenvalue weighted by atomic mass is 9.88. The van der Waals surface area contributed by atoms with Gasteiger partial charge >= 0.3 is 0 Å². The van der Waals surface area contributed by atoms with E-state index in [1.54, 1.807) is 12.5 Å². The third kappa shape index (κ3) is 4.98. The molecule has 0 aliphatic carbocycles. The number of aromatic nitrogens is 2. The summed E-state index contributed by atoms with van der Waals surface area (Å²) in [5.74, 6) is -0.0240. The van der Waals surface area contributed by atoms with Gasteiger partial charge in [-0.1, -0.05) is 127 Å². The summed E-state index contributed by atoms with van der Waals surface area (Å²) in [6, 6.07) is 41.9. The third-order valence-corrected chi connectivity index (χ3v) is 6.89. The van der Waals surface area contributed by atoms with Crippen molar-refractivity contribution in [2.45, 2.75) is 0 Å². The highest BCUT2D eigenvalue weighted by Crippen LogP contribution is 2.39. The van der Waals surface area contributed by atoms with Gasteiger partial charge in [-0.3, -0.25) is 9.59 Å². The van der Waals surface area contributed by atoms with E-state index in [9.17, 15) is 9.59 Å². The first-order chi connectivity index (χ1) is 19.7. The fourth-order valence-electron chi connectivity index (χ4n) is 4.86. The molecule has 0 aliphatic rings. The molecule has 0 bridgehead atoms. The summed E-state index contributed by atoms with van der Waals surface area (Å²) in [5, 5.41) is 0. The molecule has 0 aliphatic heterocycles. The highest BCUT2D eigenvalue weighted by molar-refractivity contribution is 6.10. The minimum absolute atomic E-state index is 0.0120. The van der Waals surface area contributed by atoms with Crippen molar-refractivity contribution < 1.29 is 9.59 Å². The first kappa shape index (κ1) is 24.8. The Labute approximate surface area is 232 Å². The van der Waals surface area contributed by atoms with Gasteiger partial charge in [0.1, 0.15) is 6.33 Å². The molecular weight excluding hydrogens is 492 g/mol. The zero-order valence-corrected chi connectivity index (χ0v) is 21.6. The molecule has 0 unspecified atom stereocenters. The Morgan fingerprint density at radius 1 is 0.450 bits per heavy atom. The number of rotatable bonds is 7. The Hall–Kier alpha value is -5.48. The second-order valence-corrected chi connectivity index (χ2v) is 9.37. The van der Waals surface area contributed by atoms with Crippen LogP contribution in [0.1, 0.15) is 31.8 Å². The Morgan fingerprint density at radius 2 is 0.900 bits per heavy atom. The standard InChI is InChI=1S/C36H24N2O2/c39-35(27-8-3-1-4-9-27)29-18-14-25(15-19-29)31-12-7-13-32(34(31)33-22-23-37-24-38-33)26-16-20-30(21-17-26)36(40)28-10-5-2-6-11-28/h1-24H. The van der Waals surface area contributed by atoms with Gasteiger partial charge in [0.2, 0.25) is 0 Å². The highest BCUT2D eigenvalue weighted by Gasteiger charge is 2.17. The van der Waals surface area contributed by atoms with Crippen LogP contribution >= 0.6 is 0 Å². The van der Waals surface area contributed by atoms with Gasteiger partial charge in [-0.2, -0.15) is 0 Å². The average molecular weight is 517 g/mol. The number of carbonyl (C=O) groups excluding carboxylic acids is 2. The number of ketones is 2. The van der Waals surface area contributed by atoms with Crippen LogP contribution < -0.4 is 0 Å². The van der Waals surface area contributed by atoms with Crippen molar-refractivity contribution in [3.8, 4) is 33.5 Å². The van der Waals surface area contributed by atoms with E-state index in [0.29, 0.717) is 22.3 Å². The minimum atomic E-state index is -0.0120. The van der Waals surface area contributed by atoms with Gasteiger partial charge in [0.25, 0.3) is 0 Å². The normalized spacial score (nSPS) is 10.7. The molecule has 4 nitrogen and oxygen atoms in total. The fraction of sp³-hybridized carbons (Fsp3) is 0. The summed E-state index contributed by atoms with van der Waals surface area (Å²) >= 11 is 0. The van der Waals surface area contributed by atoms with Crippen molar-refractivity contribution in [3.05, 3.63) is 168 Å². The predicted molar refractivity (Wildman–Crippen MR) is 158 cm³/mol. The first-order valence-corrected chi connectivity index (χ1v) is 13.0. The van der Waals surface area contributed by atoms with Crippen LogP contribution in [-0.4, -0.2) is 21.5 Å². The maximum absolute atomic E-state index is 12.9. The topological polar surface area (TPSA) is 59.9 Å². The molecule has 190 valence electrons. The fourth-order valence-corrected chi connectivity index (χ4v) is 4.86. The van der Waals surface area contributed by atoms with Crippen LogP contribution in [0.4, 0.5) is 0 Å². The number of nitrogens with zero attached hydrogens (tertiary/aromatic N) is 2. The molecule has 0 N–H and O–H groups in total. The van der Waals surface area contributed by atoms with Gasteiger partial charge in [-0.15, -0.1) is 0 Å². The smallest absolute Gasteiger partial charge is 0.193 e. The average Bonchev–Trinajstić information content (AvgIpc) is 3.05. The van der Waals surface area contributed by atoms with Crippen molar-refractivity contribution >= 4 is 11.6 Å². The molecule has 0 amide bonds. The van der Waals surface area contributed by atoms with Crippen molar-refractivity contribution in [2.24, 2.45) is 0 Å². The van der Waals surface area contributed by atoms with Crippen LogP contribution in [0.2, 0.25) is 0 Å². The van der Waals surface area contributed by atoms with Crippen molar-refractivity contribution in [1.82, 2.24) is 9.97 Å². The Kier molecular flexibility index (Phi) is 6.89. The highest BCUT2D eigenvalue weighted by atomic mass is 16.1. The van der Waals surface area contributed by atoms with E-state index in [0.717, 1.165) is 33.5 Å². The zero-order valence-electron chi connectivity index (χ0n) is 21.6. The lowest BCUT2D eigenvalue weighted by molar-refractivity contribution is 0.103. The molecule has 0 saturated carbocycles. The largest absolute Gasteiger partial charge is 0.289 e. The molecule has 4 heteroatoms. The van der Waals surface area contributed by atoms with Gasteiger partial charge in [0.05, 0.1) is 5.69 Å². The van der Waals surface area contributed by atoms with Gasteiger partial charge in [-0.25, -0.2) is 9.97 Å². The summed E-state index contributed by atoms with van der Waals surface area (Å²) in [5.41, 5.74) is 8.23. The molecule has 0 spiro atoms. The van der Waals surface area contributed by atoms with Crippen molar-refractivity contribution in [3.63, 3.8) is 0 Å². The molecule has 0 atom stereocenters. The second-order valence-electron chi connectivity index (χ2n) is 9.37. The molecule has 6 aromatic rings. The molecule has 0 saturated heterocycles. The van der Waals surface area contributed by atoms with Crippen molar-refractivity contribution in [2.75, 3.05) is 0 Å². The van der Waals surface area contributed by atoms with E-state index in [2.05, 4.69) is 22.1 Å². The second kappa shape index (κ2) is 11.1.